The smallest absolute Gasteiger partial charge is 0.251 e. The first-order valence-electron chi connectivity index (χ1n) is 7.40. The van der Waals surface area contributed by atoms with E-state index in [1.165, 1.54) is 26.2 Å². The van der Waals surface area contributed by atoms with Crippen LogP contribution in [0, 0.1) is 0 Å². The number of sulfonamides is 1. The zero-order valence-corrected chi connectivity index (χ0v) is 14.4. The van der Waals surface area contributed by atoms with Crippen molar-refractivity contribution in [2.75, 3.05) is 27.2 Å². The van der Waals surface area contributed by atoms with E-state index in [0.717, 1.165) is 4.31 Å². The van der Waals surface area contributed by atoms with Crippen LogP contribution in [0.3, 0.4) is 0 Å². The quantitative estimate of drug-likeness (QED) is 0.774. The van der Waals surface area contributed by atoms with Crippen molar-refractivity contribution in [3.8, 4) is 5.75 Å². The van der Waals surface area contributed by atoms with Crippen molar-refractivity contribution < 1.29 is 17.9 Å². The molecule has 0 spiro atoms. The number of hydrogen-bond donors (Lipinski definition) is 1. The zero-order valence-electron chi connectivity index (χ0n) is 13.6. The van der Waals surface area contributed by atoms with Crippen LogP contribution in [0.25, 0.3) is 0 Å². The van der Waals surface area contributed by atoms with Crippen LogP contribution in [0.4, 0.5) is 0 Å². The first-order chi connectivity index (χ1) is 11.4. The van der Waals surface area contributed by atoms with Gasteiger partial charge in [-0.2, -0.15) is 0 Å². The number of amides is 1. The molecular formula is C17H20N2O4S. The molecular weight excluding hydrogens is 328 g/mol. The van der Waals surface area contributed by atoms with Crippen LogP contribution in [-0.2, 0) is 10.0 Å². The monoisotopic (exact) mass is 348 g/mol. The summed E-state index contributed by atoms with van der Waals surface area (Å²) in [6.07, 6.45) is 0. The summed E-state index contributed by atoms with van der Waals surface area (Å²) in [6, 6.07) is 15.1. The minimum atomic E-state index is -3.44. The Labute approximate surface area is 142 Å². The maximum absolute atomic E-state index is 12.0. The summed E-state index contributed by atoms with van der Waals surface area (Å²) in [7, 11) is -0.477. The second kappa shape index (κ2) is 7.94. The molecule has 0 fully saturated rings. The Morgan fingerprint density at radius 2 is 1.67 bits per heavy atom. The molecule has 2 rings (SSSR count). The van der Waals surface area contributed by atoms with Crippen LogP contribution >= 0.6 is 0 Å². The third-order valence-electron chi connectivity index (χ3n) is 3.29. The van der Waals surface area contributed by atoms with Crippen LogP contribution < -0.4 is 10.1 Å². The number of benzene rings is 2. The van der Waals surface area contributed by atoms with Gasteiger partial charge in [0.15, 0.2) is 0 Å². The molecule has 0 aliphatic heterocycles. The summed E-state index contributed by atoms with van der Waals surface area (Å²) in [5.74, 6) is 0.383. The van der Waals surface area contributed by atoms with Crippen LogP contribution in [0.15, 0.2) is 59.5 Å². The first-order valence-corrected chi connectivity index (χ1v) is 8.84. The molecule has 2 aromatic carbocycles. The molecule has 24 heavy (non-hydrogen) atoms. The average molecular weight is 348 g/mol. The minimum Gasteiger partial charge on any atom is -0.492 e. The molecule has 1 amide bonds. The molecule has 0 aromatic heterocycles. The Hall–Kier alpha value is -2.38. The van der Waals surface area contributed by atoms with Crippen molar-refractivity contribution in [3.05, 3.63) is 60.2 Å². The van der Waals surface area contributed by atoms with Crippen LogP contribution in [0.1, 0.15) is 10.4 Å². The number of nitrogens with one attached hydrogen (secondary N) is 1. The number of ether oxygens (including phenoxy) is 1. The molecule has 1 N–H and O–H groups in total. The molecule has 0 saturated carbocycles. The SMILES string of the molecule is CN(C)S(=O)(=O)c1ccc(OCCNC(=O)c2ccccc2)cc1. The predicted molar refractivity (Wildman–Crippen MR) is 91.6 cm³/mol. The fraction of sp³-hybridized carbons (Fsp3) is 0.235. The predicted octanol–water partition coefficient (Wildman–Crippen LogP) is 1.75. The van der Waals surface area contributed by atoms with Crippen molar-refractivity contribution in [3.63, 3.8) is 0 Å². The van der Waals surface area contributed by atoms with Gasteiger partial charge < -0.3 is 10.1 Å². The minimum absolute atomic E-state index is 0.161. The lowest BCUT2D eigenvalue weighted by atomic mass is 10.2. The van der Waals surface area contributed by atoms with Crippen LogP contribution in [-0.4, -0.2) is 45.9 Å². The third kappa shape index (κ3) is 4.56. The first kappa shape index (κ1) is 18.0. The normalized spacial score (nSPS) is 11.3. The molecule has 0 unspecified atom stereocenters. The number of carbonyl (C=O) groups is 1. The maximum atomic E-state index is 12.0. The lowest BCUT2D eigenvalue weighted by Gasteiger charge is -2.12. The fourth-order valence-corrected chi connectivity index (χ4v) is 2.85. The summed E-state index contributed by atoms with van der Waals surface area (Å²) in [5.41, 5.74) is 0.593. The third-order valence-corrected chi connectivity index (χ3v) is 5.12. The van der Waals surface area contributed by atoms with E-state index in [0.29, 0.717) is 24.5 Å². The Morgan fingerprint density at radius 1 is 1.04 bits per heavy atom. The maximum Gasteiger partial charge on any atom is 0.251 e. The molecule has 0 heterocycles. The largest absolute Gasteiger partial charge is 0.492 e. The van der Waals surface area contributed by atoms with Gasteiger partial charge in [-0.1, -0.05) is 18.2 Å². The number of hydrogen-bond acceptors (Lipinski definition) is 4. The molecule has 0 aliphatic carbocycles. The van der Waals surface area contributed by atoms with Gasteiger partial charge in [0.1, 0.15) is 12.4 Å². The van der Waals surface area contributed by atoms with Crippen molar-refractivity contribution in [2.24, 2.45) is 0 Å². The molecule has 6 nitrogen and oxygen atoms in total. The highest BCUT2D eigenvalue weighted by atomic mass is 32.2. The Morgan fingerprint density at radius 3 is 2.25 bits per heavy atom. The highest BCUT2D eigenvalue weighted by Crippen LogP contribution is 2.17. The number of carbonyl (C=O) groups excluding carboxylic acids is 1. The topological polar surface area (TPSA) is 75.7 Å². The Balaban J connectivity index is 1.82. The van der Waals surface area contributed by atoms with Gasteiger partial charge in [-0.05, 0) is 36.4 Å². The molecule has 0 aliphatic rings. The highest BCUT2D eigenvalue weighted by Gasteiger charge is 2.16. The number of nitrogens with zero attached hydrogens (tertiary/aromatic N) is 1. The zero-order chi connectivity index (χ0) is 17.6. The summed E-state index contributed by atoms with van der Waals surface area (Å²) < 4.78 is 30.6. The summed E-state index contributed by atoms with van der Waals surface area (Å²) in [4.78, 5) is 12.0. The van der Waals surface area contributed by atoms with Gasteiger partial charge in [-0.3, -0.25) is 4.79 Å². The second-order valence-corrected chi connectivity index (χ2v) is 7.38. The molecule has 2 aromatic rings. The van der Waals surface area contributed by atoms with E-state index < -0.39 is 10.0 Å². The Kier molecular flexibility index (Phi) is 5.94. The highest BCUT2D eigenvalue weighted by molar-refractivity contribution is 7.89. The van der Waals surface area contributed by atoms with Crippen LogP contribution in [0.2, 0.25) is 0 Å². The van der Waals surface area contributed by atoms with Crippen molar-refractivity contribution >= 4 is 15.9 Å². The van der Waals surface area contributed by atoms with E-state index >= 15 is 0 Å². The molecule has 7 heteroatoms. The lowest BCUT2D eigenvalue weighted by molar-refractivity contribution is 0.0947. The fourth-order valence-electron chi connectivity index (χ4n) is 1.94. The number of rotatable bonds is 7. The van der Waals surface area contributed by atoms with Gasteiger partial charge in [0, 0.05) is 19.7 Å². The summed E-state index contributed by atoms with van der Waals surface area (Å²) in [5, 5.41) is 2.75. The summed E-state index contributed by atoms with van der Waals surface area (Å²) >= 11 is 0. The standard InChI is InChI=1S/C17H20N2O4S/c1-19(2)24(21,22)16-10-8-15(9-11-16)23-13-12-18-17(20)14-6-4-3-5-7-14/h3-11H,12-13H2,1-2H3,(H,18,20). The van der Waals surface area contributed by atoms with E-state index in [-0.39, 0.29) is 10.8 Å². The van der Waals surface area contributed by atoms with E-state index in [4.69, 9.17) is 4.74 Å². The van der Waals surface area contributed by atoms with Gasteiger partial charge in [-0.15, -0.1) is 0 Å². The van der Waals surface area contributed by atoms with Crippen LogP contribution in [0.5, 0.6) is 5.75 Å². The van der Waals surface area contributed by atoms with E-state index in [1.54, 1.807) is 36.4 Å². The molecule has 128 valence electrons. The average Bonchev–Trinajstić information content (AvgIpc) is 2.59. The van der Waals surface area contributed by atoms with E-state index in [9.17, 15) is 13.2 Å². The lowest BCUT2D eigenvalue weighted by Crippen LogP contribution is -2.28. The van der Waals surface area contributed by atoms with Gasteiger partial charge in [0.05, 0.1) is 11.4 Å². The van der Waals surface area contributed by atoms with Crippen molar-refractivity contribution in [2.45, 2.75) is 4.90 Å². The van der Waals surface area contributed by atoms with E-state index in [1.807, 2.05) is 6.07 Å². The van der Waals surface area contributed by atoms with Gasteiger partial charge in [0.25, 0.3) is 5.91 Å². The summed E-state index contributed by atoms with van der Waals surface area (Å²) in [6.45, 7) is 0.643. The molecule has 0 saturated heterocycles. The van der Waals surface area contributed by atoms with Gasteiger partial charge >= 0.3 is 0 Å². The molecule has 0 radical (unpaired) electrons. The van der Waals surface area contributed by atoms with Crippen molar-refractivity contribution in [1.82, 2.24) is 9.62 Å². The molecule has 0 bridgehead atoms. The van der Waals surface area contributed by atoms with Crippen molar-refractivity contribution in [1.29, 1.82) is 0 Å². The Bertz CT molecular complexity index is 772. The second-order valence-electron chi connectivity index (χ2n) is 5.23. The van der Waals surface area contributed by atoms with Gasteiger partial charge in [-0.25, -0.2) is 12.7 Å². The van der Waals surface area contributed by atoms with Gasteiger partial charge in [0.2, 0.25) is 10.0 Å². The molecule has 0 atom stereocenters. The van der Waals surface area contributed by atoms with E-state index in [2.05, 4.69) is 5.32 Å².